The Kier molecular flexibility index (Phi) is 4.24. The molecular weight excluding hydrogens is 251 g/mol. The lowest BCUT2D eigenvalue weighted by molar-refractivity contribution is -0.128. The van der Waals surface area contributed by atoms with Crippen molar-refractivity contribution in [2.75, 3.05) is 26.3 Å². The van der Waals surface area contributed by atoms with Crippen molar-refractivity contribution >= 4 is 11.7 Å². The van der Waals surface area contributed by atoms with E-state index >= 15 is 0 Å². The Bertz CT molecular complexity index is 493. The van der Waals surface area contributed by atoms with Crippen molar-refractivity contribution in [3.05, 3.63) is 35.6 Å². The van der Waals surface area contributed by atoms with Gasteiger partial charge in [-0.15, -0.1) is 0 Å². The SMILES string of the molecule is NC(=O)C1COCCN1CC(=O)c1cccc(F)c1. The van der Waals surface area contributed by atoms with Crippen molar-refractivity contribution in [1.29, 1.82) is 0 Å². The van der Waals surface area contributed by atoms with E-state index in [9.17, 15) is 14.0 Å². The number of nitrogens with zero attached hydrogens (tertiary/aromatic N) is 1. The number of morpholine rings is 1. The zero-order valence-electron chi connectivity index (χ0n) is 10.3. The van der Waals surface area contributed by atoms with Crippen LogP contribution in [-0.4, -0.2) is 48.9 Å². The lowest BCUT2D eigenvalue weighted by Gasteiger charge is -2.32. The van der Waals surface area contributed by atoms with Gasteiger partial charge in [0.2, 0.25) is 5.91 Å². The van der Waals surface area contributed by atoms with Crippen LogP contribution < -0.4 is 5.73 Å². The minimum absolute atomic E-state index is 0.0282. The van der Waals surface area contributed by atoms with Crippen LogP contribution in [-0.2, 0) is 9.53 Å². The summed E-state index contributed by atoms with van der Waals surface area (Å²) in [4.78, 5) is 25.0. The molecule has 0 aliphatic carbocycles. The van der Waals surface area contributed by atoms with Crippen LogP contribution in [0.5, 0.6) is 0 Å². The number of carbonyl (C=O) groups excluding carboxylic acids is 2. The summed E-state index contributed by atoms with van der Waals surface area (Å²) in [5.41, 5.74) is 5.55. The molecule has 1 aliphatic rings. The Balaban J connectivity index is 2.07. The minimum Gasteiger partial charge on any atom is -0.378 e. The predicted octanol–water partition coefficient (Wildman–Crippen LogP) is 0.195. The van der Waals surface area contributed by atoms with Gasteiger partial charge in [-0.1, -0.05) is 12.1 Å². The number of benzene rings is 1. The third kappa shape index (κ3) is 3.36. The number of carbonyl (C=O) groups is 2. The number of primary amides is 1. The zero-order valence-corrected chi connectivity index (χ0v) is 10.3. The normalized spacial score (nSPS) is 20.2. The third-order valence-electron chi connectivity index (χ3n) is 3.06. The van der Waals surface area contributed by atoms with E-state index in [-0.39, 0.29) is 24.5 Å². The Hall–Kier alpha value is -1.79. The Morgan fingerprint density at radius 3 is 2.95 bits per heavy atom. The van der Waals surface area contributed by atoms with Crippen LogP contribution in [0.4, 0.5) is 4.39 Å². The summed E-state index contributed by atoms with van der Waals surface area (Å²) in [6.45, 7) is 1.11. The molecule has 2 N–H and O–H groups in total. The van der Waals surface area contributed by atoms with Crippen LogP contribution in [0, 0.1) is 5.82 Å². The van der Waals surface area contributed by atoms with E-state index in [1.165, 1.54) is 18.2 Å². The molecule has 0 bridgehead atoms. The van der Waals surface area contributed by atoms with Crippen molar-refractivity contribution in [2.24, 2.45) is 5.73 Å². The Morgan fingerprint density at radius 2 is 2.26 bits per heavy atom. The van der Waals surface area contributed by atoms with Gasteiger partial charge in [0.15, 0.2) is 5.78 Å². The second-order valence-corrected chi connectivity index (χ2v) is 4.40. The van der Waals surface area contributed by atoms with Gasteiger partial charge in [-0.2, -0.15) is 0 Å². The van der Waals surface area contributed by atoms with Crippen molar-refractivity contribution in [3.63, 3.8) is 0 Å². The molecule has 1 aliphatic heterocycles. The van der Waals surface area contributed by atoms with Gasteiger partial charge in [-0.05, 0) is 12.1 Å². The second-order valence-electron chi connectivity index (χ2n) is 4.40. The number of rotatable bonds is 4. The lowest BCUT2D eigenvalue weighted by atomic mass is 10.1. The molecule has 1 aromatic rings. The highest BCUT2D eigenvalue weighted by Crippen LogP contribution is 2.10. The summed E-state index contributed by atoms with van der Waals surface area (Å²) < 4.78 is 18.2. The van der Waals surface area contributed by atoms with Crippen LogP contribution in [0.1, 0.15) is 10.4 Å². The molecule has 1 amide bonds. The fourth-order valence-corrected chi connectivity index (χ4v) is 2.03. The van der Waals surface area contributed by atoms with Gasteiger partial charge in [0.05, 0.1) is 19.8 Å². The van der Waals surface area contributed by atoms with Crippen LogP contribution in [0.3, 0.4) is 0 Å². The molecule has 1 unspecified atom stereocenters. The second kappa shape index (κ2) is 5.90. The lowest BCUT2D eigenvalue weighted by Crippen LogP contribution is -2.53. The first kappa shape index (κ1) is 13.6. The quantitative estimate of drug-likeness (QED) is 0.790. The molecule has 0 spiro atoms. The van der Waals surface area contributed by atoms with Gasteiger partial charge in [0, 0.05) is 12.1 Å². The summed E-state index contributed by atoms with van der Waals surface area (Å²) in [6.07, 6.45) is 0. The molecular formula is C13H15FN2O3. The summed E-state index contributed by atoms with van der Waals surface area (Å²) >= 11 is 0. The highest BCUT2D eigenvalue weighted by molar-refractivity contribution is 5.98. The smallest absolute Gasteiger partial charge is 0.237 e. The summed E-state index contributed by atoms with van der Waals surface area (Å²) in [6, 6.07) is 4.88. The van der Waals surface area contributed by atoms with E-state index in [2.05, 4.69) is 0 Å². The van der Waals surface area contributed by atoms with Gasteiger partial charge >= 0.3 is 0 Å². The van der Waals surface area contributed by atoms with E-state index < -0.39 is 17.8 Å². The van der Waals surface area contributed by atoms with Crippen molar-refractivity contribution in [1.82, 2.24) is 4.90 Å². The average Bonchev–Trinajstić information content (AvgIpc) is 2.39. The molecule has 1 fully saturated rings. The molecule has 19 heavy (non-hydrogen) atoms. The van der Waals surface area contributed by atoms with Gasteiger partial charge < -0.3 is 10.5 Å². The van der Waals surface area contributed by atoms with Crippen LogP contribution >= 0.6 is 0 Å². The van der Waals surface area contributed by atoms with Gasteiger partial charge in [-0.25, -0.2) is 4.39 Å². The number of Topliss-reactive ketones (excluding diaryl/α,β-unsaturated/α-hetero) is 1. The summed E-state index contributed by atoms with van der Waals surface area (Å²) in [7, 11) is 0. The van der Waals surface area contributed by atoms with Crippen LogP contribution in [0.25, 0.3) is 0 Å². The molecule has 1 heterocycles. The average molecular weight is 266 g/mol. The first-order valence-corrected chi connectivity index (χ1v) is 5.98. The number of ketones is 1. The molecule has 5 nitrogen and oxygen atoms in total. The Labute approximate surface area is 110 Å². The minimum atomic E-state index is -0.605. The Morgan fingerprint density at radius 1 is 1.47 bits per heavy atom. The van der Waals surface area contributed by atoms with Crippen LogP contribution in [0.2, 0.25) is 0 Å². The van der Waals surface area contributed by atoms with Crippen molar-refractivity contribution in [3.8, 4) is 0 Å². The molecule has 2 rings (SSSR count). The van der Waals surface area contributed by atoms with Gasteiger partial charge in [-0.3, -0.25) is 14.5 Å². The number of ether oxygens (including phenoxy) is 1. The standard InChI is InChI=1S/C13H15FN2O3/c14-10-3-1-2-9(6-10)12(17)7-16-4-5-19-8-11(16)13(15)18/h1-3,6,11H,4-5,7-8H2,(H2,15,18). The van der Waals surface area contributed by atoms with E-state index in [1.807, 2.05) is 0 Å². The van der Waals surface area contributed by atoms with Crippen LogP contribution in [0.15, 0.2) is 24.3 Å². The van der Waals surface area contributed by atoms with Crippen molar-refractivity contribution < 1.29 is 18.7 Å². The first-order valence-electron chi connectivity index (χ1n) is 5.98. The van der Waals surface area contributed by atoms with Gasteiger partial charge in [0.25, 0.3) is 0 Å². The van der Waals surface area contributed by atoms with E-state index in [0.717, 1.165) is 0 Å². The number of amides is 1. The molecule has 0 saturated carbocycles. The third-order valence-corrected chi connectivity index (χ3v) is 3.06. The van der Waals surface area contributed by atoms with E-state index in [0.29, 0.717) is 13.2 Å². The molecule has 1 atom stereocenters. The highest BCUT2D eigenvalue weighted by atomic mass is 19.1. The molecule has 1 saturated heterocycles. The first-order chi connectivity index (χ1) is 9.08. The summed E-state index contributed by atoms with van der Waals surface area (Å²) in [5.74, 6) is -1.22. The van der Waals surface area contributed by atoms with Gasteiger partial charge in [0.1, 0.15) is 11.9 Å². The molecule has 0 radical (unpaired) electrons. The molecule has 1 aromatic carbocycles. The number of hydrogen-bond acceptors (Lipinski definition) is 4. The predicted molar refractivity (Wildman–Crippen MR) is 66.1 cm³/mol. The fraction of sp³-hybridized carbons (Fsp3) is 0.385. The molecule has 6 heteroatoms. The maximum Gasteiger partial charge on any atom is 0.237 e. The maximum atomic E-state index is 13.1. The summed E-state index contributed by atoms with van der Waals surface area (Å²) in [5, 5.41) is 0. The van der Waals surface area contributed by atoms with E-state index in [1.54, 1.807) is 11.0 Å². The number of hydrogen-bond donors (Lipinski definition) is 1. The topological polar surface area (TPSA) is 72.6 Å². The number of halogens is 1. The monoisotopic (exact) mass is 266 g/mol. The van der Waals surface area contributed by atoms with Crippen molar-refractivity contribution in [2.45, 2.75) is 6.04 Å². The zero-order chi connectivity index (χ0) is 13.8. The largest absolute Gasteiger partial charge is 0.378 e. The highest BCUT2D eigenvalue weighted by Gasteiger charge is 2.29. The molecule has 102 valence electrons. The van der Waals surface area contributed by atoms with E-state index in [4.69, 9.17) is 10.5 Å². The maximum absolute atomic E-state index is 13.1. The molecule has 0 aromatic heterocycles. The fourth-order valence-electron chi connectivity index (χ4n) is 2.03. The number of nitrogens with two attached hydrogens (primary N) is 1.